The van der Waals surface area contributed by atoms with Gasteiger partial charge in [-0.1, -0.05) is 30.3 Å². The van der Waals surface area contributed by atoms with Crippen molar-refractivity contribution in [2.75, 3.05) is 0 Å². The second-order valence-electron chi connectivity index (χ2n) is 4.28. The zero-order chi connectivity index (χ0) is 12.5. The Morgan fingerprint density at radius 3 is 2.59 bits per heavy atom. The monoisotopic (exact) mass is 251 g/mol. The van der Waals surface area contributed by atoms with Gasteiger partial charge < -0.3 is 9.57 Å². The summed E-state index contributed by atoms with van der Waals surface area (Å²) in [4.78, 5) is 17.1. The van der Waals surface area contributed by atoms with Gasteiger partial charge in [-0.25, -0.2) is 0 Å². The van der Waals surface area contributed by atoms with Gasteiger partial charge in [0, 0.05) is 12.2 Å². The fraction of sp³-hybridized carbons (Fsp3) is 0.333. The van der Waals surface area contributed by atoms with E-state index in [0.29, 0.717) is 6.54 Å². The van der Waals surface area contributed by atoms with E-state index in [1.54, 1.807) is 13.8 Å². The number of benzene rings is 1. The number of amides is 1. The van der Waals surface area contributed by atoms with E-state index in [-0.39, 0.29) is 11.1 Å². The zero-order valence-corrected chi connectivity index (χ0v) is 10.5. The van der Waals surface area contributed by atoms with Gasteiger partial charge in [0.25, 0.3) is 5.91 Å². The van der Waals surface area contributed by atoms with Crippen LogP contribution in [0.25, 0.3) is 0 Å². The molecule has 0 N–H and O–H groups in total. The minimum atomic E-state index is -0.968. The quantitative estimate of drug-likeness (QED) is 0.754. The highest BCUT2D eigenvalue weighted by Gasteiger charge is 2.41. The molecular formula is C12H13NO3S. The van der Waals surface area contributed by atoms with E-state index in [0.717, 1.165) is 5.56 Å². The van der Waals surface area contributed by atoms with Crippen molar-refractivity contribution in [3.8, 4) is 0 Å². The molecule has 1 heterocycles. The molecule has 0 spiro atoms. The highest BCUT2D eigenvalue weighted by molar-refractivity contribution is 7.79. The standard InChI is InChI=1S/C12H13NO3S/c1-12(2)10(14)13(16-11(17)15-12)8-9-6-4-3-5-7-9/h3-7H,8H2,1-2H3. The van der Waals surface area contributed by atoms with Crippen LogP contribution in [0.1, 0.15) is 19.4 Å². The molecule has 4 nitrogen and oxygen atoms in total. The summed E-state index contributed by atoms with van der Waals surface area (Å²) in [7, 11) is 0. The topological polar surface area (TPSA) is 38.8 Å². The van der Waals surface area contributed by atoms with Crippen LogP contribution in [0.4, 0.5) is 0 Å². The predicted molar refractivity (Wildman–Crippen MR) is 65.8 cm³/mol. The molecule has 1 saturated heterocycles. The summed E-state index contributed by atoms with van der Waals surface area (Å²) in [5.41, 5.74) is 0.00533. The van der Waals surface area contributed by atoms with E-state index < -0.39 is 5.60 Å². The molecule has 1 aliphatic rings. The molecule has 1 aliphatic heterocycles. The first-order valence-corrected chi connectivity index (χ1v) is 5.67. The van der Waals surface area contributed by atoms with Crippen molar-refractivity contribution in [1.82, 2.24) is 5.06 Å². The lowest BCUT2D eigenvalue weighted by Gasteiger charge is -2.36. The molecule has 1 aromatic rings. The SMILES string of the molecule is CC1(C)OC(=S)ON(Cc2ccccc2)C1=O. The number of carbonyl (C=O) groups is 1. The average molecular weight is 251 g/mol. The molecular weight excluding hydrogens is 238 g/mol. The molecule has 0 saturated carbocycles. The minimum absolute atomic E-state index is 0.0227. The third kappa shape index (κ3) is 2.55. The van der Waals surface area contributed by atoms with E-state index in [1.807, 2.05) is 30.3 Å². The molecule has 0 aromatic heterocycles. The van der Waals surface area contributed by atoms with Crippen LogP contribution in [0, 0.1) is 0 Å². The molecule has 2 rings (SSSR count). The van der Waals surface area contributed by atoms with E-state index in [4.69, 9.17) is 21.8 Å². The van der Waals surface area contributed by atoms with Crippen molar-refractivity contribution in [2.24, 2.45) is 0 Å². The Labute approximate surface area is 105 Å². The molecule has 5 heteroatoms. The number of thiocarbonyl (C=S) groups is 1. The highest BCUT2D eigenvalue weighted by Crippen LogP contribution is 2.22. The van der Waals surface area contributed by atoms with Gasteiger partial charge in [0.15, 0.2) is 5.60 Å². The number of carbonyl (C=O) groups excluding carboxylic acids is 1. The highest BCUT2D eigenvalue weighted by atomic mass is 32.1. The first-order chi connectivity index (χ1) is 7.99. The molecule has 0 aliphatic carbocycles. The van der Waals surface area contributed by atoms with Crippen LogP contribution >= 0.6 is 12.2 Å². The van der Waals surface area contributed by atoms with Crippen molar-refractivity contribution in [1.29, 1.82) is 0 Å². The summed E-state index contributed by atoms with van der Waals surface area (Å²) in [6.45, 7) is 3.69. The third-order valence-electron chi connectivity index (χ3n) is 2.43. The molecule has 1 fully saturated rings. The summed E-state index contributed by atoms with van der Waals surface area (Å²) < 4.78 is 5.17. The van der Waals surface area contributed by atoms with Gasteiger partial charge in [0.1, 0.15) is 0 Å². The van der Waals surface area contributed by atoms with Gasteiger partial charge in [-0.15, -0.1) is 0 Å². The smallest absolute Gasteiger partial charge is 0.378 e. The third-order valence-corrected chi connectivity index (χ3v) is 2.59. The van der Waals surface area contributed by atoms with E-state index >= 15 is 0 Å². The first kappa shape index (κ1) is 11.9. The molecule has 0 atom stereocenters. The normalized spacial score (nSPS) is 18.6. The molecule has 0 bridgehead atoms. The largest absolute Gasteiger partial charge is 0.439 e. The molecule has 90 valence electrons. The maximum Gasteiger partial charge on any atom is 0.378 e. The van der Waals surface area contributed by atoms with Crippen LogP contribution < -0.4 is 0 Å². The van der Waals surface area contributed by atoms with E-state index in [9.17, 15) is 4.79 Å². The summed E-state index contributed by atoms with van der Waals surface area (Å²) in [5, 5.41) is 1.21. The van der Waals surface area contributed by atoms with Crippen molar-refractivity contribution in [3.05, 3.63) is 35.9 Å². The van der Waals surface area contributed by atoms with E-state index in [2.05, 4.69) is 0 Å². The summed E-state index contributed by atoms with van der Waals surface area (Å²) in [6.07, 6.45) is 0. The molecule has 0 unspecified atom stereocenters. The Bertz CT molecular complexity index is 444. The lowest BCUT2D eigenvalue weighted by molar-refractivity contribution is -0.203. The lowest BCUT2D eigenvalue weighted by atomic mass is 10.1. The maximum atomic E-state index is 12.0. The van der Waals surface area contributed by atoms with Crippen LogP contribution in [-0.2, 0) is 20.9 Å². The van der Waals surface area contributed by atoms with E-state index in [1.165, 1.54) is 5.06 Å². The van der Waals surface area contributed by atoms with Crippen LogP contribution in [0.15, 0.2) is 30.3 Å². The van der Waals surface area contributed by atoms with Crippen LogP contribution in [0.3, 0.4) is 0 Å². The Hall–Kier alpha value is -1.62. The predicted octanol–water partition coefficient (Wildman–Crippen LogP) is 2.04. The second kappa shape index (κ2) is 4.33. The molecule has 0 radical (unpaired) electrons. The fourth-order valence-corrected chi connectivity index (χ4v) is 1.85. The Morgan fingerprint density at radius 1 is 1.29 bits per heavy atom. The van der Waals surface area contributed by atoms with Crippen molar-refractivity contribution in [2.45, 2.75) is 26.0 Å². The Morgan fingerprint density at radius 2 is 1.94 bits per heavy atom. The molecule has 17 heavy (non-hydrogen) atoms. The number of hydrogen-bond acceptors (Lipinski definition) is 4. The van der Waals surface area contributed by atoms with Gasteiger partial charge in [-0.05, 0) is 19.4 Å². The number of rotatable bonds is 2. The zero-order valence-electron chi connectivity index (χ0n) is 9.67. The van der Waals surface area contributed by atoms with Gasteiger partial charge in [-0.2, -0.15) is 5.06 Å². The van der Waals surface area contributed by atoms with Crippen molar-refractivity contribution >= 4 is 23.4 Å². The first-order valence-electron chi connectivity index (χ1n) is 5.26. The van der Waals surface area contributed by atoms with Gasteiger partial charge in [-0.3, -0.25) is 4.79 Å². The number of ether oxygens (including phenoxy) is 1. The minimum Gasteiger partial charge on any atom is -0.439 e. The number of hydrogen-bond donors (Lipinski definition) is 0. The second-order valence-corrected chi connectivity index (χ2v) is 4.61. The fourth-order valence-electron chi connectivity index (χ4n) is 1.56. The van der Waals surface area contributed by atoms with Crippen LogP contribution in [0.2, 0.25) is 0 Å². The van der Waals surface area contributed by atoms with Gasteiger partial charge in [0.05, 0.1) is 6.54 Å². The summed E-state index contributed by atoms with van der Waals surface area (Å²) >= 11 is 4.86. The average Bonchev–Trinajstić information content (AvgIpc) is 2.26. The number of hydroxylamine groups is 2. The maximum absolute atomic E-state index is 12.0. The summed E-state index contributed by atoms with van der Waals surface area (Å²) in [5.74, 6) is -0.241. The number of nitrogens with zero attached hydrogens (tertiary/aromatic N) is 1. The van der Waals surface area contributed by atoms with Gasteiger partial charge >= 0.3 is 5.24 Å². The van der Waals surface area contributed by atoms with Crippen molar-refractivity contribution < 1.29 is 14.4 Å². The molecule has 1 amide bonds. The van der Waals surface area contributed by atoms with Crippen LogP contribution in [0.5, 0.6) is 0 Å². The Kier molecular flexibility index (Phi) is 3.02. The molecule has 1 aromatic carbocycles. The lowest BCUT2D eigenvalue weighted by Crippen LogP contribution is -2.53. The Balaban J connectivity index is 2.15. The van der Waals surface area contributed by atoms with Crippen LogP contribution in [-0.4, -0.2) is 21.8 Å². The van der Waals surface area contributed by atoms with Gasteiger partial charge in [0.2, 0.25) is 0 Å². The van der Waals surface area contributed by atoms with Crippen molar-refractivity contribution in [3.63, 3.8) is 0 Å². The summed E-state index contributed by atoms with van der Waals surface area (Å²) in [6, 6.07) is 9.57.